The first-order valence-electron chi connectivity index (χ1n) is 7.08. The maximum atomic E-state index is 4.75. The van der Waals surface area contributed by atoms with E-state index in [9.17, 15) is 0 Å². The lowest BCUT2D eigenvalue weighted by Crippen LogP contribution is -2.37. The van der Waals surface area contributed by atoms with Gasteiger partial charge in [-0.25, -0.2) is 4.98 Å². The predicted octanol–water partition coefficient (Wildman–Crippen LogP) is 3.47. The van der Waals surface area contributed by atoms with Crippen LogP contribution < -0.4 is 10.2 Å². The van der Waals surface area contributed by atoms with E-state index in [1.807, 2.05) is 0 Å². The van der Waals surface area contributed by atoms with Crippen LogP contribution in [0.1, 0.15) is 33.1 Å². The van der Waals surface area contributed by atoms with E-state index >= 15 is 0 Å². The highest BCUT2D eigenvalue weighted by Crippen LogP contribution is 2.33. The van der Waals surface area contributed by atoms with E-state index in [0.717, 1.165) is 34.1 Å². The van der Waals surface area contributed by atoms with Crippen LogP contribution in [0.4, 0.5) is 10.3 Å². The van der Waals surface area contributed by atoms with Gasteiger partial charge in [-0.2, -0.15) is 0 Å². The molecule has 2 aromatic heterocycles. The molecule has 7 heteroatoms. The Hall–Kier alpha value is -1.21. The third-order valence-corrected chi connectivity index (χ3v) is 5.29. The Kier molecular flexibility index (Phi) is 4.16. The zero-order valence-corrected chi connectivity index (χ0v) is 13.4. The molecule has 1 fully saturated rings. The van der Waals surface area contributed by atoms with Crippen molar-refractivity contribution in [3.63, 3.8) is 0 Å². The summed E-state index contributed by atoms with van der Waals surface area (Å²) in [6, 6.07) is 0.592. The first-order valence-corrected chi connectivity index (χ1v) is 8.77. The van der Waals surface area contributed by atoms with Crippen molar-refractivity contribution in [2.75, 3.05) is 23.3 Å². The molecule has 0 spiro atoms. The normalized spacial score (nSPS) is 19.3. The van der Waals surface area contributed by atoms with Gasteiger partial charge in [-0.1, -0.05) is 11.3 Å². The fraction of sp³-hybridized carbons (Fsp3) is 0.615. The van der Waals surface area contributed by atoms with Crippen molar-refractivity contribution in [2.45, 2.75) is 39.2 Å². The second-order valence-electron chi connectivity index (χ2n) is 5.00. The van der Waals surface area contributed by atoms with Gasteiger partial charge in [0.15, 0.2) is 10.1 Å². The van der Waals surface area contributed by atoms with Gasteiger partial charge in [0.2, 0.25) is 5.13 Å². The van der Waals surface area contributed by atoms with E-state index in [0.29, 0.717) is 6.04 Å². The molecule has 0 radical (unpaired) electrons. The van der Waals surface area contributed by atoms with Crippen molar-refractivity contribution < 1.29 is 0 Å². The van der Waals surface area contributed by atoms with Crippen molar-refractivity contribution >= 4 is 32.9 Å². The Morgan fingerprint density at radius 2 is 2.30 bits per heavy atom. The maximum absolute atomic E-state index is 4.75. The molecule has 1 unspecified atom stereocenters. The molecule has 5 nitrogen and oxygen atoms in total. The van der Waals surface area contributed by atoms with Crippen molar-refractivity contribution in [3.8, 4) is 10.7 Å². The molecule has 3 heterocycles. The molecule has 3 rings (SSSR count). The van der Waals surface area contributed by atoms with Crippen LogP contribution >= 0.6 is 22.7 Å². The Morgan fingerprint density at radius 3 is 3.10 bits per heavy atom. The lowest BCUT2D eigenvalue weighted by molar-refractivity contribution is 0.484. The van der Waals surface area contributed by atoms with Gasteiger partial charge in [0.05, 0.1) is 0 Å². The molecule has 2 aromatic rings. The highest BCUT2D eigenvalue weighted by atomic mass is 32.1. The molecule has 0 aromatic carbocycles. The summed E-state index contributed by atoms with van der Waals surface area (Å²) in [7, 11) is 0. The minimum Gasteiger partial charge on any atom is -0.360 e. The van der Waals surface area contributed by atoms with Crippen LogP contribution in [0.5, 0.6) is 0 Å². The second-order valence-corrected chi connectivity index (χ2v) is 6.81. The monoisotopic (exact) mass is 309 g/mol. The van der Waals surface area contributed by atoms with Crippen LogP contribution in [-0.4, -0.2) is 34.3 Å². The molecule has 1 atom stereocenters. The Morgan fingerprint density at radius 1 is 1.40 bits per heavy atom. The number of rotatable bonds is 4. The fourth-order valence-electron chi connectivity index (χ4n) is 2.43. The topological polar surface area (TPSA) is 53.9 Å². The number of anilines is 2. The predicted molar refractivity (Wildman–Crippen MR) is 85.8 cm³/mol. The molecular formula is C13H19N5S2. The molecule has 0 amide bonds. The van der Waals surface area contributed by atoms with E-state index in [-0.39, 0.29) is 0 Å². The molecule has 0 saturated carbocycles. The third kappa shape index (κ3) is 2.78. The summed E-state index contributed by atoms with van der Waals surface area (Å²) < 4.78 is 0. The first-order chi connectivity index (χ1) is 9.78. The molecule has 1 aliphatic heterocycles. The fourth-order valence-corrected chi connectivity index (χ4v) is 4.21. The smallest absolute Gasteiger partial charge is 0.206 e. The van der Waals surface area contributed by atoms with Gasteiger partial charge in [-0.05, 0) is 33.1 Å². The van der Waals surface area contributed by atoms with Gasteiger partial charge < -0.3 is 10.2 Å². The number of piperidine rings is 1. The van der Waals surface area contributed by atoms with Gasteiger partial charge in [0.1, 0.15) is 5.69 Å². The van der Waals surface area contributed by atoms with Crippen LogP contribution in [0, 0.1) is 0 Å². The minimum atomic E-state index is 0.592. The van der Waals surface area contributed by atoms with Gasteiger partial charge in [0, 0.05) is 24.5 Å². The molecule has 20 heavy (non-hydrogen) atoms. The average Bonchev–Trinajstić information content (AvgIpc) is 3.08. The molecule has 108 valence electrons. The molecule has 1 aliphatic rings. The van der Waals surface area contributed by atoms with E-state index in [1.165, 1.54) is 19.3 Å². The van der Waals surface area contributed by atoms with E-state index < -0.39 is 0 Å². The highest BCUT2D eigenvalue weighted by Gasteiger charge is 2.22. The van der Waals surface area contributed by atoms with Gasteiger partial charge in [0.25, 0.3) is 0 Å². The van der Waals surface area contributed by atoms with Crippen molar-refractivity contribution in [1.82, 2.24) is 15.2 Å². The Labute approximate surface area is 127 Å². The quantitative estimate of drug-likeness (QED) is 0.937. The number of aromatic nitrogens is 3. The average molecular weight is 309 g/mol. The summed E-state index contributed by atoms with van der Waals surface area (Å²) in [6.07, 6.45) is 3.86. The van der Waals surface area contributed by atoms with Crippen LogP contribution in [0.3, 0.4) is 0 Å². The third-order valence-electron chi connectivity index (χ3n) is 3.51. The standard InChI is InChI=1S/C13H19N5S2/c1-3-14-12-17-16-11(20-12)10-8-19-13(15-10)18-7-5-4-6-9(18)2/h8-9H,3-7H2,1-2H3,(H,14,17). The highest BCUT2D eigenvalue weighted by molar-refractivity contribution is 7.19. The van der Waals surface area contributed by atoms with Gasteiger partial charge in [-0.3, -0.25) is 0 Å². The largest absolute Gasteiger partial charge is 0.360 e. The lowest BCUT2D eigenvalue weighted by atomic mass is 10.1. The van der Waals surface area contributed by atoms with Crippen molar-refractivity contribution in [3.05, 3.63) is 5.38 Å². The number of nitrogens with one attached hydrogen (secondary N) is 1. The van der Waals surface area contributed by atoms with E-state index in [4.69, 9.17) is 4.98 Å². The molecule has 0 aliphatic carbocycles. The van der Waals surface area contributed by atoms with E-state index in [2.05, 4.69) is 39.6 Å². The SMILES string of the molecule is CCNc1nnc(-c2csc(N3CCCCC3C)n2)s1. The van der Waals surface area contributed by atoms with Gasteiger partial charge >= 0.3 is 0 Å². The first kappa shape index (κ1) is 13.8. The summed E-state index contributed by atoms with van der Waals surface area (Å²) in [5.74, 6) is 0. The van der Waals surface area contributed by atoms with Crippen LogP contribution in [0.15, 0.2) is 5.38 Å². The molecule has 1 N–H and O–H groups in total. The minimum absolute atomic E-state index is 0.592. The maximum Gasteiger partial charge on any atom is 0.206 e. The summed E-state index contributed by atoms with van der Waals surface area (Å²) in [4.78, 5) is 7.17. The van der Waals surface area contributed by atoms with Crippen LogP contribution in [0.2, 0.25) is 0 Å². The second kappa shape index (κ2) is 6.05. The summed E-state index contributed by atoms with van der Waals surface area (Å²) in [5.41, 5.74) is 0.949. The number of nitrogens with zero attached hydrogens (tertiary/aromatic N) is 4. The molecular weight excluding hydrogens is 290 g/mol. The number of hydrogen-bond acceptors (Lipinski definition) is 7. The van der Waals surface area contributed by atoms with Crippen LogP contribution in [-0.2, 0) is 0 Å². The Balaban J connectivity index is 1.78. The summed E-state index contributed by atoms with van der Waals surface area (Å²) >= 11 is 3.27. The zero-order chi connectivity index (χ0) is 13.9. The van der Waals surface area contributed by atoms with Crippen LogP contribution in [0.25, 0.3) is 10.7 Å². The van der Waals surface area contributed by atoms with Crippen molar-refractivity contribution in [1.29, 1.82) is 0 Å². The summed E-state index contributed by atoms with van der Waals surface area (Å²) in [5, 5.41) is 16.5. The number of hydrogen-bond donors (Lipinski definition) is 1. The lowest BCUT2D eigenvalue weighted by Gasteiger charge is -2.33. The van der Waals surface area contributed by atoms with E-state index in [1.54, 1.807) is 22.7 Å². The van der Waals surface area contributed by atoms with Gasteiger partial charge in [-0.15, -0.1) is 21.5 Å². The number of thiazole rings is 1. The van der Waals surface area contributed by atoms with Crippen molar-refractivity contribution in [2.24, 2.45) is 0 Å². The zero-order valence-electron chi connectivity index (χ0n) is 11.8. The Bertz CT molecular complexity index is 565. The molecule has 1 saturated heterocycles. The summed E-state index contributed by atoms with van der Waals surface area (Å²) in [6.45, 7) is 6.32. The molecule has 0 bridgehead atoms.